The van der Waals surface area contributed by atoms with Gasteiger partial charge < -0.3 is 21.2 Å². The molecule has 9 heteroatoms. The molecular formula is C14H28O5Si4. The number of ether oxygens (including phenoxy) is 1. The van der Waals surface area contributed by atoms with Crippen molar-refractivity contribution < 1.29 is 21.2 Å². The third kappa shape index (κ3) is 6.62. The second-order valence-corrected chi connectivity index (χ2v) is 16.3. The highest BCUT2D eigenvalue weighted by molar-refractivity contribution is 6.81. The largest absolute Gasteiger partial charge is 0.494 e. The third-order valence-corrected chi connectivity index (χ3v) is 17.7. The normalized spacial score (nSPS) is 32.1. The van der Waals surface area contributed by atoms with Crippen molar-refractivity contribution in [2.45, 2.75) is 45.6 Å². The molecule has 2 atom stereocenters. The van der Waals surface area contributed by atoms with Gasteiger partial charge in [-0.1, -0.05) is 17.7 Å². The van der Waals surface area contributed by atoms with Crippen molar-refractivity contribution >= 4 is 36.4 Å². The second kappa shape index (κ2) is 8.72. The van der Waals surface area contributed by atoms with Crippen LogP contribution in [0.15, 0.2) is 24.3 Å². The molecule has 5 nitrogen and oxygen atoms in total. The summed E-state index contributed by atoms with van der Waals surface area (Å²) in [5, 5.41) is 0. The molecule has 0 amide bonds. The minimum absolute atomic E-state index is 0.678. The number of aryl methyl sites for hydroxylation is 1. The fraction of sp³-hybridized carbons (Fsp3) is 0.571. The molecule has 1 aliphatic heterocycles. The first kappa shape index (κ1) is 19.1. The maximum absolute atomic E-state index is 6.25. The topological polar surface area (TPSA) is 46.2 Å². The third-order valence-electron chi connectivity index (χ3n) is 3.66. The Morgan fingerprint density at radius 1 is 0.957 bits per heavy atom. The molecule has 2 rings (SSSR count). The van der Waals surface area contributed by atoms with E-state index in [0.717, 1.165) is 18.2 Å². The molecule has 0 aliphatic carbocycles. The van der Waals surface area contributed by atoms with Gasteiger partial charge in [0.1, 0.15) is 5.75 Å². The molecule has 130 valence electrons. The predicted molar refractivity (Wildman–Crippen MR) is 101 cm³/mol. The first-order valence-corrected chi connectivity index (χ1v) is 17.0. The fourth-order valence-electron chi connectivity index (χ4n) is 2.69. The molecule has 1 fully saturated rings. The molecule has 1 aromatic rings. The van der Waals surface area contributed by atoms with Gasteiger partial charge in [0.2, 0.25) is 0 Å². The molecule has 23 heavy (non-hydrogen) atoms. The average molecular weight is 389 g/mol. The van der Waals surface area contributed by atoms with Crippen LogP contribution in [0.2, 0.25) is 32.2 Å². The van der Waals surface area contributed by atoms with Crippen molar-refractivity contribution in [2.24, 2.45) is 0 Å². The molecule has 1 heterocycles. The maximum Gasteiger partial charge on any atom is 0.317 e. The van der Waals surface area contributed by atoms with Gasteiger partial charge in [0.05, 0.1) is 6.61 Å². The van der Waals surface area contributed by atoms with E-state index in [0.29, 0.717) is 6.61 Å². The molecule has 2 unspecified atom stereocenters. The Hall–Kier alpha value is -0.272. The highest BCUT2D eigenvalue weighted by Gasteiger charge is 2.38. The van der Waals surface area contributed by atoms with E-state index in [4.69, 9.17) is 21.2 Å². The Morgan fingerprint density at radius 2 is 1.52 bits per heavy atom. The Labute approximate surface area is 145 Å². The number of benzene rings is 1. The lowest BCUT2D eigenvalue weighted by Gasteiger charge is -2.37. The summed E-state index contributed by atoms with van der Waals surface area (Å²) < 4.78 is 30.2. The van der Waals surface area contributed by atoms with E-state index in [2.05, 4.69) is 45.2 Å². The molecule has 1 aliphatic rings. The molecule has 1 saturated heterocycles. The van der Waals surface area contributed by atoms with E-state index in [-0.39, 0.29) is 0 Å². The number of hydrogen-bond acceptors (Lipinski definition) is 5. The quantitative estimate of drug-likeness (QED) is 0.573. The van der Waals surface area contributed by atoms with Crippen LogP contribution in [-0.2, 0) is 16.5 Å². The van der Waals surface area contributed by atoms with Crippen molar-refractivity contribution in [1.29, 1.82) is 0 Å². The van der Waals surface area contributed by atoms with Gasteiger partial charge >= 0.3 is 8.56 Å². The molecule has 0 spiro atoms. The van der Waals surface area contributed by atoms with Crippen molar-refractivity contribution in [3.05, 3.63) is 29.8 Å². The smallest absolute Gasteiger partial charge is 0.317 e. The van der Waals surface area contributed by atoms with Gasteiger partial charge in [-0.2, -0.15) is 0 Å². The van der Waals surface area contributed by atoms with Crippen LogP contribution < -0.4 is 4.74 Å². The van der Waals surface area contributed by atoms with Crippen LogP contribution in [0.4, 0.5) is 0 Å². The van der Waals surface area contributed by atoms with Gasteiger partial charge in [-0.15, -0.1) is 0 Å². The number of rotatable bonds is 5. The summed E-state index contributed by atoms with van der Waals surface area (Å²) in [4.78, 5) is 0. The zero-order chi connectivity index (χ0) is 16.9. The maximum atomic E-state index is 6.25. The summed E-state index contributed by atoms with van der Waals surface area (Å²) in [5.74, 6) is 0.916. The first-order valence-electron chi connectivity index (χ1n) is 8.22. The summed E-state index contributed by atoms with van der Waals surface area (Å²) in [5.41, 5.74) is 1.24. The summed E-state index contributed by atoms with van der Waals surface area (Å²) in [6.07, 6.45) is 0.922. The monoisotopic (exact) mass is 388 g/mol. The van der Waals surface area contributed by atoms with E-state index >= 15 is 0 Å². The lowest BCUT2D eigenvalue weighted by Crippen LogP contribution is -2.53. The van der Waals surface area contributed by atoms with Gasteiger partial charge in [-0.05, 0) is 57.7 Å². The van der Waals surface area contributed by atoms with Crippen LogP contribution in [0, 0.1) is 6.92 Å². The zero-order valence-electron chi connectivity index (χ0n) is 14.7. The number of hydrogen-bond donors (Lipinski definition) is 0. The van der Waals surface area contributed by atoms with E-state index < -0.39 is 36.4 Å². The predicted octanol–water partition coefficient (Wildman–Crippen LogP) is 2.47. The fourth-order valence-corrected chi connectivity index (χ4v) is 17.4. The Kier molecular flexibility index (Phi) is 7.22. The van der Waals surface area contributed by atoms with Crippen molar-refractivity contribution in [3.63, 3.8) is 0 Å². The average Bonchev–Trinajstić information content (AvgIpc) is 2.43. The molecule has 1 aromatic carbocycles. The second-order valence-electron chi connectivity index (χ2n) is 6.11. The molecule has 0 saturated carbocycles. The minimum atomic E-state index is -2.21. The lowest BCUT2D eigenvalue weighted by molar-refractivity contribution is 0.266. The van der Waals surface area contributed by atoms with E-state index in [1.807, 2.05) is 12.1 Å². The SMILES string of the molecule is Cc1ccc(OCCC[Si]2(C)O[SiH](C)O[SiH](C)O[SiH](C)O2)cc1. The van der Waals surface area contributed by atoms with Crippen LogP contribution in [0.25, 0.3) is 0 Å². The molecule has 0 N–H and O–H groups in total. The van der Waals surface area contributed by atoms with Gasteiger partial charge in [0.25, 0.3) is 27.9 Å². The Morgan fingerprint density at radius 3 is 2.09 bits per heavy atom. The van der Waals surface area contributed by atoms with E-state index in [1.165, 1.54) is 5.56 Å². The first-order chi connectivity index (χ1) is 10.9. The molecule has 0 radical (unpaired) electrons. The minimum Gasteiger partial charge on any atom is -0.494 e. The van der Waals surface area contributed by atoms with Gasteiger partial charge in [-0.25, -0.2) is 0 Å². The lowest BCUT2D eigenvalue weighted by atomic mass is 10.2. The zero-order valence-corrected chi connectivity index (χ0v) is 19.2. The molecule has 0 bridgehead atoms. The van der Waals surface area contributed by atoms with Crippen LogP contribution >= 0.6 is 0 Å². The van der Waals surface area contributed by atoms with Crippen LogP contribution in [-0.4, -0.2) is 43.0 Å². The molecule has 0 aromatic heterocycles. The summed E-state index contributed by atoms with van der Waals surface area (Å²) >= 11 is 0. The van der Waals surface area contributed by atoms with E-state index in [1.54, 1.807) is 0 Å². The summed E-state index contributed by atoms with van der Waals surface area (Å²) in [6, 6.07) is 9.06. The van der Waals surface area contributed by atoms with Crippen molar-refractivity contribution in [2.75, 3.05) is 6.61 Å². The summed E-state index contributed by atoms with van der Waals surface area (Å²) in [7, 11) is -7.04. The van der Waals surface area contributed by atoms with Gasteiger partial charge in [-0.3, -0.25) is 0 Å². The van der Waals surface area contributed by atoms with Crippen molar-refractivity contribution in [1.82, 2.24) is 0 Å². The highest BCUT2D eigenvalue weighted by Crippen LogP contribution is 2.22. The van der Waals surface area contributed by atoms with Crippen molar-refractivity contribution in [3.8, 4) is 5.75 Å². The van der Waals surface area contributed by atoms with Crippen LogP contribution in [0.5, 0.6) is 5.75 Å². The van der Waals surface area contributed by atoms with Gasteiger partial charge in [0.15, 0.2) is 0 Å². The van der Waals surface area contributed by atoms with Crippen LogP contribution in [0.3, 0.4) is 0 Å². The van der Waals surface area contributed by atoms with Gasteiger partial charge in [0, 0.05) is 0 Å². The standard InChI is InChI=1S/C14H28O5Si4/c1-13-7-9-14(10-8-13)15-11-6-12-23(5)18-21(3)16-20(2)17-22(4)19-23/h7-10,20-22H,6,11-12H2,1-5H3. The Bertz CT molecular complexity index is 473. The Balaban J connectivity index is 1.81. The highest BCUT2D eigenvalue weighted by atomic mass is 28.5. The van der Waals surface area contributed by atoms with Crippen LogP contribution in [0.1, 0.15) is 12.0 Å². The molecular weight excluding hydrogens is 360 g/mol. The summed E-state index contributed by atoms with van der Waals surface area (Å²) in [6.45, 7) is 11.1. The van der Waals surface area contributed by atoms with E-state index in [9.17, 15) is 0 Å².